The molecule has 1 aromatic carbocycles. The number of rotatable bonds is 4. The van der Waals surface area contributed by atoms with E-state index in [9.17, 15) is 9.90 Å². The number of halogens is 1. The number of methoxy groups -OCH3 is 1. The molecular weight excluding hydrogens is 324 g/mol. The molecule has 0 aromatic heterocycles. The van der Waals surface area contributed by atoms with Crippen molar-refractivity contribution in [3.63, 3.8) is 0 Å². The van der Waals surface area contributed by atoms with E-state index >= 15 is 0 Å². The Morgan fingerprint density at radius 1 is 1.60 bits per heavy atom. The van der Waals surface area contributed by atoms with Crippen molar-refractivity contribution in [3.8, 4) is 0 Å². The summed E-state index contributed by atoms with van der Waals surface area (Å²) in [6.45, 7) is 1.11. The predicted molar refractivity (Wildman–Crippen MR) is 80.7 cm³/mol. The van der Waals surface area contributed by atoms with Gasteiger partial charge in [-0.3, -0.25) is 0 Å². The number of carbonyl (C=O) groups is 1. The second kappa shape index (κ2) is 7.06. The van der Waals surface area contributed by atoms with Crippen molar-refractivity contribution >= 4 is 27.6 Å². The normalized spacial score (nSPS) is 18.4. The largest absolute Gasteiger partial charge is 0.394 e. The van der Waals surface area contributed by atoms with Gasteiger partial charge in [-0.15, -0.1) is 0 Å². The molecule has 0 unspecified atom stereocenters. The highest BCUT2D eigenvalue weighted by Crippen LogP contribution is 2.26. The highest BCUT2D eigenvalue weighted by molar-refractivity contribution is 9.10. The van der Waals surface area contributed by atoms with E-state index in [1.165, 1.54) is 0 Å². The van der Waals surface area contributed by atoms with Crippen molar-refractivity contribution in [3.05, 3.63) is 28.2 Å². The van der Waals surface area contributed by atoms with Crippen LogP contribution in [0.5, 0.6) is 0 Å². The van der Waals surface area contributed by atoms with Gasteiger partial charge in [0.15, 0.2) is 0 Å². The number of nitrogens with zero attached hydrogens (tertiary/aromatic N) is 1. The average Bonchev–Trinajstić information content (AvgIpc) is 2.91. The molecule has 0 saturated carbocycles. The number of aliphatic hydroxyl groups is 1. The average molecular weight is 343 g/mol. The molecule has 110 valence electrons. The molecule has 0 radical (unpaired) electrons. The third kappa shape index (κ3) is 3.31. The fourth-order valence-electron chi connectivity index (χ4n) is 2.45. The van der Waals surface area contributed by atoms with E-state index in [1.54, 1.807) is 12.0 Å². The first kappa shape index (κ1) is 15.3. The first-order chi connectivity index (χ1) is 9.67. The number of likely N-dealkylation sites (tertiary alicyclic amines) is 1. The lowest BCUT2D eigenvalue weighted by atomic mass is 10.2. The van der Waals surface area contributed by atoms with E-state index in [0.29, 0.717) is 13.2 Å². The van der Waals surface area contributed by atoms with Gasteiger partial charge in [0, 0.05) is 29.4 Å². The number of ether oxygens (including phenoxy) is 1. The van der Waals surface area contributed by atoms with E-state index < -0.39 is 0 Å². The zero-order valence-electron chi connectivity index (χ0n) is 11.4. The molecule has 1 aromatic rings. The molecule has 1 fully saturated rings. The minimum atomic E-state index is -0.169. The summed E-state index contributed by atoms with van der Waals surface area (Å²) in [5.41, 5.74) is 1.64. The Morgan fingerprint density at radius 2 is 2.40 bits per heavy atom. The lowest BCUT2D eigenvalue weighted by molar-refractivity contribution is 0.166. The van der Waals surface area contributed by atoms with Gasteiger partial charge in [-0.2, -0.15) is 0 Å². The molecule has 1 heterocycles. The molecule has 20 heavy (non-hydrogen) atoms. The van der Waals surface area contributed by atoms with Crippen LogP contribution in [-0.2, 0) is 11.3 Å². The molecule has 2 amide bonds. The summed E-state index contributed by atoms with van der Waals surface area (Å²) in [6, 6.07) is 5.38. The molecular formula is C14H19BrN2O3. The van der Waals surface area contributed by atoms with Crippen molar-refractivity contribution in [2.45, 2.75) is 25.5 Å². The van der Waals surface area contributed by atoms with Crippen LogP contribution in [0.2, 0.25) is 0 Å². The third-order valence-corrected chi connectivity index (χ3v) is 4.24. The van der Waals surface area contributed by atoms with Gasteiger partial charge in [0.05, 0.1) is 19.3 Å². The Labute approximate surface area is 127 Å². The van der Waals surface area contributed by atoms with Crippen LogP contribution in [0.15, 0.2) is 22.7 Å². The third-order valence-electron chi connectivity index (χ3n) is 3.50. The summed E-state index contributed by atoms with van der Waals surface area (Å²) in [7, 11) is 1.62. The van der Waals surface area contributed by atoms with Crippen molar-refractivity contribution in [1.29, 1.82) is 0 Å². The van der Waals surface area contributed by atoms with Gasteiger partial charge in [-0.25, -0.2) is 4.79 Å². The molecule has 6 heteroatoms. The zero-order chi connectivity index (χ0) is 14.5. The van der Waals surface area contributed by atoms with Crippen molar-refractivity contribution in [1.82, 2.24) is 4.90 Å². The van der Waals surface area contributed by atoms with Gasteiger partial charge in [-0.1, -0.05) is 22.0 Å². The highest BCUT2D eigenvalue weighted by Gasteiger charge is 2.28. The van der Waals surface area contributed by atoms with E-state index in [2.05, 4.69) is 21.2 Å². The second-order valence-corrected chi connectivity index (χ2v) is 5.66. The summed E-state index contributed by atoms with van der Waals surface area (Å²) >= 11 is 3.46. The number of nitrogens with one attached hydrogen (secondary N) is 1. The minimum absolute atomic E-state index is 0.0107. The molecule has 0 bridgehead atoms. The molecule has 1 atom stereocenters. The van der Waals surface area contributed by atoms with Crippen LogP contribution in [0.4, 0.5) is 10.5 Å². The zero-order valence-corrected chi connectivity index (χ0v) is 13.0. The molecule has 5 nitrogen and oxygen atoms in total. The SMILES string of the molecule is COCc1c(Br)cccc1NC(=O)N1CCC[C@H]1CO. The summed E-state index contributed by atoms with van der Waals surface area (Å²) < 4.78 is 6.06. The van der Waals surface area contributed by atoms with Gasteiger partial charge in [-0.05, 0) is 25.0 Å². The lowest BCUT2D eigenvalue weighted by Gasteiger charge is -2.24. The van der Waals surface area contributed by atoms with Crippen LogP contribution >= 0.6 is 15.9 Å². The maximum absolute atomic E-state index is 12.3. The van der Waals surface area contributed by atoms with Crippen molar-refractivity contribution < 1.29 is 14.6 Å². The molecule has 2 N–H and O–H groups in total. The number of amides is 2. The molecule has 0 aliphatic carbocycles. The molecule has 1 aliphatic rings. The summed E-state index contributed by atoms with van der Waals surface area (Å²) in [4.78, 5) is 14.0. The van der Waals surface area contributed by atoms with Crippen LogP contribution in [0.25, 0.3) is 0 Å². The van der Waals surface area contributed by atoms with Gasteiger partial charge in [0.1, 0.15) is 0 Å². The molecule has 2 rings (SSSR count). The van der Waals surface area contributed by atoms with Crippen LogP contribution in [0, 0.1) is 0 Å². The topological polar surface area (TPSA) is 61.8 Å². The van der Waals surface area contributed by atoms with Crippen LogP contribution in [-0.4, -0.2) is 42.3 Å². The Morgan fingerprint density at radius 3 is 3.10 bits per heavy atom. The van der Waals surface area contributed by atoms with Gasteiger partial charge >= 0.3 is 6.03 Å². The molecule has 1 saturated heterocycles. The number of carbonyl (C=O) groups excluding carboxylic acids is 1. The fraction of sp³-hybridized carbons (Fsp3) is 0.500. The lowest BCUT2D eigenvalue weighted by Crippen LogP contribution is -2.40. The van der Waals surface area contributed by atoms with Crippen LogP contribution in [0.3, 0.4) is 0 Å². The number of urea groups is 1. The maximum Gasteiger partial charge on any atom is 0.322 e. The number of hydrogen-bond acceptors (Lipinski definition) is 3. The Kier molecular flexibility index (Phi) is 5.39. The van der Waals surface area contributed by atoms with E-state index in [4.69, 9.17) is 4.74 Å². The van der Waals surface area contributed by atoms with Gasteiger partial charge in [0.2, 0.25) is 0 Å². The number of benzene rings is 1. The summed E-state index contributed by atoms with van der Waals surface area (Å²) in [5, 5.41) is 12.2. The number of aliphatic hydroxyl groups excluding tert-OH is 1. The summed E-state index contributed by atoms with van der Waals surface area (Å²) in [5.74, 6) is 0. The van der Waals surface area contributed by atoms with Crippen molar-refractivity contribution in [2.24, 2.45) is 0 Å². The van der Waals surface area contributed by atoms with Gasteiger partial charge < -0.3 is 20.1 Å². The Bertz CT molecular complexity index is 481. The highest BCUT2D eigenvalue weighted by atomic mass is 79.9. The summed E-state index contributed by atoms with van der Waals surface area (Å²) in [6.07, 6.45) is 1.79. The predicted octanol–water partition coefficient (Wildman–Crippen LogP) is 2.58. The maximum atomic E-state index is 12.3. The smallest absolute Gasteiger partial charge is 0.322 e. The monoisotopic (exact) mass is 342 g/mol. The number of anilines is 1. The van der Waals surface area contributed by atoms with Crippen LogP contribution in [0.1, 0.15) is 18.4 Å². The second-order valence-electron chi connectivity index (χ2n) is 4.80. The Hall–Kier alpha value is -1.11. The quantitative estimate of drug-likeness (QED) is 0.883. The van der Waals surface area contributed by atoms with E-state index in [-0.39, 0.29) is 18.7 Å². The first-order valence-corrected chi connectivity index (χ1v) is 7.41. The molecule has 0 spiro atoms. The molecule has 1 aliphatic heterocycles. The fourth-order valence-corrected chi connectivity index (χ4v) is 2.93. The number of hydrogen-bond donors (Lipinski definition) is 2. The Balaban J connectivity index is 2.13. The van der Waals surface area contributed by atoms with E-state index in [0.717, 1.165) is 28.6 Å². The standard InChI is InChI=1S/C14H19BrN2O3/c1-20-9-11-12(15)5-2-6-13(11)16-14(19)17-7-3-4-10(17)8-18/h2,5-6,10,18H,3-4,7-9H2,1H3,(H,16,19)/t10-/m0/s1. The van der Waals surface area contributed by atoms with Gasteiger partial charge in [0.25, 0.3) is 0 Å². The first-order valence-electron chi connectivity index (χ1n) is 6.62. The van der Waals surface area contributed by atoms with Crippen molar-refractivity contribution in [2.75, 3.05) is 25.6 Å². The van der Waals surface area contributed by atoms with E-state index in [1.807, 2.05) is 18.2 Å². The minimum Gasteiger partial charge on any atom is -0.394 e. The van der Waals surface area contributed by atoms with Crippen LogP contribution < -0.4 is 5.32 Å².